The van der Waals surface area contributed by atoms with Crippen LogP contribution in [0.3, 0.4) is 0 Å². The van der Waals surface area contributed by atoms with Gasteiger partial charge in [-0.25, -0.2) is 4.57 Å². The van der Waals surface area contributed by atoms with E-state index in [1.807, 2.05) is 29.1 Å². The first kappa shape index (κ1) is 11.7. The SMILES string of the molecule is CS(=O)c1cc[n+](Cc2cc[n+]([O-])cc2)cc1. The van der Waals surface area contributed by atoms with Gasteiger partial charge in [0.2, 0.25) is 0 Å². The van der Waals surface area contributed by atoms with Gasteiger partial charge in [-0.15, -0.1) is 0 Å². The van der Waals surface area contributed by atoms with Gasteiger partial charge in [-0.1, -0.05) is 0 Å². The molecule has 1 unspecified atom stereocenters. The Morgan fingerprint density at radius 2 is 1.71 bits per heavy atom. The van der Waals surface area contributed by atoms with E-state index in [0.717, 1.165) is 15.2 Å². The molecule has 0 N–H and O–H groups in total. The van der Waals surface area contributed by atoms with E-state index in [-0.39, 0.29) is 0 Å². The van der Waals surface area contributed by atoms with Gasteiger partial charge in [-0.05, 0) is 0 Å². The second-order valence-corrected chi connectivity index (χ2v) is 5.11. The zero-order chi connectivity index (χ0) is 12.3. The van der Waals surface area contributed by atoms with Crippen LogP contribution in [0.5, 0.6) is 0 Å². The van der Waals surface area contributed by atoms with Crippen molar-refractivity contribution >= 4 is 10.8 Å². The Kier molecular flexibility index (Phi) is 3.49. The van der Waals surface area contributed by atoms with E-state index >= 15 is 0 Å². The quantitative estimate of drug-likeness (QED) is 0.584. The van der Waals surface area contributed by atoms with Crippen LogP contribution in [0.2, 0.25) is 0 Å². The van der Waals surface area contributed by atoms with E-state index in [4.69, 9.17) is 0 Å². The summed E-state index contributed by atoms with van der Waals surface area (Å²) in [5.41, 5.74) is 1.05. The normalized spacial score (nSPS) is 12.3. The highest BCUT2D eigenvalue weighted by Crippen LogP contribution is 2.01. The number of hydrogen-bond donors (Lipinski definition) is 0. The van der Waals surface area contributed by atoms with Gasteiger partial charge in [0.1, 0.15) is 0 Å². The summed E-state index contributed by atoms with van der Waals surface area (Å²) in [4.78, 5) is 0.812. The largest absolute Gasteiger partial charge is 0.619 e. The van der Waals surface area contributed by atoms with Gasteiger partial charge in [0.25, 0.3) is 0 Å². The molecule has 0 fully saturated rings. The van der Waals surface area contributed by atoms with Gasteiger partial charge in [0, 0.05) is 36.1 Å². The molecule has 0 saturated carbocycles. The molecular formula is C12H13N2O2S+. The molecule has 0 amide bonds. The lowest BCUT2D eigenvalue weighted by Gasteiger charge is -1.99. The molecule has 2 rings (SSSR count). The molecule has 4 nitrogen and oxygen atoms in total. The average molecular weight is 249 g/mol. The van der Waals surface area contributed by atoms with Crippen LogP contribution in [0.25, 0.3) is 0 Å². The Bertz CT molecular complexity index is 523. The molecule has 0 aliphatic rings. The maximum atomic E-state index is 11.2. The summed E-state index contributed by atoms with van der Waals surface area (Å²) >= 11 is 0. The molecule has 17 heavy (non-hydrogen) atoms. The van der Waals surface area contributed by atoms with Crippen molar-refractivity contribution in [2.45, 2.75) is 11.4 Å². The van der Waals surface area contributed by atoms with Gasteiger partial charge in [-0.3, -0.25) is 4.21 Å². The number of pyridine rings is 2. The van der Waals surface area contributed by atoms with E-state index in [1.165, 1.54) is 12.4 Å². The first-order chi connectivity index (χ1) is 8.15. The molecule has 2 heterocycles. The molecule has 0 saturated heterocycles. The number of rotatable bonds is 3. The molecule has 1 atom stereocenters. The summed E-state index contributed by atoms with van der Waals surface area (Å²) in [6, 6.07) is 7.25. The number of aromatic nitrogens is 2. The Morgan fingerprint density at radius 3 is 2.24 bits per heavy atom. The molecule has 0 aromatic carbocycles. The zero-order valence-electron chi connectivity index (χ0n) is 9.45. The summed E-state index contributed by atoms with van der Waals surface area (Å²) in [5.74, 6) is 0. The average Bonchev–Trinajstić information content (AvgIpc) is 2.33. The second-order valence-electron chi connectivity index (χ2n) is 3.73. The molecule has 0 aliphatic carbocycles. The minimum Gasteiger partial charge on any atom is -0.619 e. The Morgan fingerprint density at radius 1 is 1.12 bits per heavy atom. The standard InChI is InChI=1S/C12H13N2O2S/c1-17(16)12-4-6-13(7-5-12)10-11-2-8-14(15)9-3-11/h2-9H,10H2,1H3/q+1. The minimum atomic E-state index is -0.945. The van der Waals surface area contributed by atoms with E-state index in [1.54, 1.807) is 18.4 Å². The molecule has 0 spiro atoms. The van der Waals surface area contributed by atoms with Gasteiger partial charge in [0.05, 0.1) is 15.7 Å². The molecule has 2 aromatic rings. The Balaban J connectivity index is 2.13. The van der Waals surface area contributed by atoms with Gasteiger partial charge in [0.15, 0.2) is 31.3 Å². The van der Waals surface area contributed by atoms with Crippen LogP contribution in [0.4, 0.5) is 0 Å². The van der Waals surface area contributed by atoms with E-state index in [2.05, 4.69) is 0 Å². The highest BCUT2D eigenvalue weighted by molar-refractivity contribution is 7.84. The maximum absolute atomic E-state index is 11.2. The van der Waals surface area contributed by atoms with E-state index < -0.39 is 10.8 Å². The fourth-order valence-electron chi connectivity index (χ4n) is 1.50. The molecule has 5 heteroatoms. The predicted octanol–water partition coefficient (Wildman–Crippen LogP) is 0.393. The Hall–Kier alpha value is -1.75. The molecular weight excluding hydrogens is 236 g/mol. The van der Waals surface area contributed by atoms with Crippen LogP contribution in [0.1, 0.15) is 5.56 Å². The fourth-order valence-corrected chi connectivity index (χ4v) is 2.01. The predicted molar refractivity (Wildman–Crippen MR) is 63.5 cm³/mol. The van der Waals surface area contributed by atoms with Crippen molar-refractivity contribution in [3.8, 4) is 0 Å². The second kappa shape index (κ2) is 5.05. The van der Waals surface area contributed by atoms with Crippen LogP contribution in [-0.4, -0.2) is 10.5 Å². The van der Waals surface area contributed by atoms with Crippen molar-refractivity contribution in [2.24, 2.45) is 0 Å². The van der Waals surface area contributed by atoms with Crippen molar-refractivity contribution in [2.75, 3.05) is 6.26 Å². The smallest absolute Gasteiger partial charge is 0.180 e. The third-order valence-corrected chi connectivity index (χ3v) is 3.36. The molecule has 0 radical (unpaired) electrons. The Labute approximate surface area is 102 Å². The van der Waals surface area contributed by atoms with Gasteiger partial charge in [-0.2, -0.15) is 4.73 Å². The fraction of sp³-hybridized carbons (Fsp3) is 0.167. The van der Waals surface area contributed by atoms with E-state index in [0.29, 0.717) is 6.54 Å². The van der Waals surface area contributed by atoms with Crippen LogP contribution in [-0.2, 0) is 17.3 Å². The van der Waals surface area contributed by atoms with Crippen LogP contribution >= 0.6 is 0 Å². The molecule has 0 aliphatic heterocycles. The lowest BCUT2D eigenvalue weighted by molar-refractivity contribution is -0.689. The maximum Gasteiger partial charge on any atom is 0.180 e. The molecule has 0 bridgehead atoms. The van der Waals surface area contributed by atoms with Crippen molar-refractivity contribution < 1.29 is 13.5 Å². The van der Waals surface area contributed by atoms with Crippen LogP contribution in [0, 0.1) is 5.21 Å². The van der Waals surface area contributed by atoms with Crippen molar-refractivity contribution in [3.63, 3.8) is 0 Å². The van der Waals surface area contributed by atoms with E-state index in [9.17, 15) is 9.42 Å². The van der Waals surface area contributed by atoms with Crippen molar-refractivity contribution in [1.82, 2.24) is 0 Å². The number of nitrogens with zero attached hydrogens (tertiary/aromatic N) is 2. The topological polar surface area (TPSA) is 47.9 Å². The van der Waals surface area contributed by atoms with Crippen molar-refractivity contribution in [3.05, 3.63) is 59.8 Å². The highest BCUT2D eigenvalue weighted by atomic mass is 32.2. The van der Waals surface area contributed by atoms with Gasteiger partial charge < -0.3 is 5.21 Å². The lowest BCUT2D eigenvalue weighted by Crippen LogP contribution is -2.34. The summed E-state index contributed by atoms with van der Waals surface area (Å²) < 4.78 is 14.0. The summed E-state index contributed by atoms with van der Waals surface area (Å²) in [7, 11) is -0.945. The summed E-state index contributed by atoms with van der Waals surface area (Å²) in [6.45, 7) is 0.692. The van der Waals surface area contributed by atoms with Crippen molar-refractivity contribution in [1.29, 1.82) is 0 Å². The molecule has 88 valence electrons. The van der Waals surface area contributed by atoms with Crippen LogP contribution in [0.15, 0.2) is 53.9 Å². The third kappa shape index (κ3) is 3.10. The highest BCUT2D eigenvalue weighted by Gasteiger charge is 2.05. The minimum absolute atomic E-state index is 0.692. The number of hydrogen-bond acceptors (Lipinski definition) is 2. The first-order valence-corrected chi connectivity index (χ1v) is 6.71. The van der Waals surface area contributed by atoms with Crippen LogP contribution < -0.4 is 9.30 Å². The first-order valence-electron chi connectivity index (χ1n) is 5.15. The molecule has 2 aromatic heterocycles. The summed E-state index contributed by atoms with van der Waals surface area (Å²) in [5, 5.41) is 10.9. The summed E-state index contributed by atoms with van der Waals surface area (Å²) in [6.07, 6.45) is 8.38. The third-order valence-electron chi connectivity index (χ3n) is 2.43. The monoisotopic (exact) mass is 249 g/mol. The van der Waals surface area contributed by atoms with Gasteiger partial charge >= 0.3 is 0 Å². The lowest BCUT2D eigenvalue weighted by atomic mass is 10.2. The zero-order valence-corrected chi connectivity index (χ0v) is 10.3.